The molecule has 1 atom stereocenters. The van der Waals surface area contributed by atoms with E-state index in [1.807, 2.05) is 41.7 Å². The molecule has 0 N–H and O–H groups in total. The van der Waals surface area contributed by atoms with Crippen LogP contribution >= 0.6 is 22.9 Å². The van der Waals surface area contributed by atoms with Gasteiger partial charge < -0.3 is 18.0 Å². The lowest BCUT2D eigenvalue weighted by molar-refractivity contribution is -0.903. The summed E-state index contributed by atoms with van der Waals surface area (Å²) >= 11 is 4.85. The number of rotatable bonds is 8. The molecular formula is C21H24ClNO4S2. The second kappa shape index (κ2) is 11.9. The molecule has 3 rings (SSSR count). The molecule has 2 aromatic carbocycles. The zero-order valence-corrected chi connectivity index (χ0v) is 18.7. The average Bonchev–Trinajstić information content (AvgIpc) is 3.17. The number of benzene rings is 2. The van der Waals surface area contributed by atoms with Gasteiger partial charge in [-0.05, 0) is 47.8 Å². The van der Waals surface area contributed by atoms with Gasteiger partial charge in [0.2, 0.25) is 0 Å². The van der Waals surface area contributed by atoms with Gasteiger partial charge in [-0.15, -0.1) is 11.3 Å². The van der Waals surface area contributed by atoms with Gasteiger partial charge in [0.05, 0.1) is 19.0 Å². The lowest BCUT2D eigenvalue weighted by Gasteiger charge is -2.29. The van der Waals surface area contributed by atoms with Crippen LogP contribution in [0, 0.1) is 0 Å². The van der Waals surface area contributed by atoms with Gasteiger partial charge in [0.25, 0.3) is 0 Å². The Hall–Kier alpha value is -1.90. The van der Waals surface area contributed by atoms with E-state index in [2.05, 4.69) is 35.8 Å². The highest BCUT2D eigenvalue weighted by atomic mass is 35.5. The molecular weight excluding hydrogens is 430 g/mol. The predicted octanol–water partition coefficient (Wildman–Crippen LogP) is 4.92. The molecule has 0 aliphatic carbocycles. The Morgan fingerprint density at radius 1 is 1.00 bits per heavy atom. The van der Waals surface area contributed by atoms with Gasteiger partial charge in [0.15, 0.2) is 0 Å². The molecule has 5 nitrogen and oxygen atoms in total. The second-order valence-electron chi connectivity index (χ2n) is 6.80. The minimum Gasteiger partial charge on any atom is -0.740 e. The van der Waals surface area contributed by atoms with Crippen LogP contribution in [0.3, 0.4) is 0 Å². The van der Waals surface area contributed by atoms with Crippen molar-refractivity contribution in [1.82, 2.24) is 0 Å². The number of para-hydroxylation sites is 1. The molecule has 0 saturated heterocycles. The Kier molecular flexibility index (Phi) is 9.63. The summed E-state index contributed by atoms with van der Waals surface area (Å²) in [6.07, 6.45) is 0. The van der Waals surface area contributed by atoms with Crippen molar-refractivity contribution in [3.8, 4) is 11.5 Å². The molecule has 156 valence electrons. The molecule has 1 unspecified atom stereocenters. The van der Waals surface area contributed by atoms with Crippen LogP contribution in [0.5, 0.6) is 11.5 Å². The summed E-state index contributed by atoms with van der Waals surface area (Å²) in [5.74, 6) is 1.20. The maximum Gasteiger partial charge on any atom is 0.139 e. The van der Waals surface area contributed by atoms with Gasteiger partial charge in [0.1, 0.15) is 42.6 Å². The zero-order valence-electron chi connectivity index (χ0n) is 16.3. The summed E-state index contributed by atoms with van der Waals surface area (Å²) in [4.78, 5) is 1.43. The van der Waals surface area contributed by atoms with Gasteiger partial charge in [-0.2, -0.15) is 0 Å². The number of nitrogens with zero attached hydrogens (tertiary/aromatic N) is 1. The maximum atomic E-state index is 10.00. The van der Waals surface area contributed by atoms with Crippen molar-refractivity contribution in [3.63, 3.8) is 0 Å². The van der Waals surface area contributed by atoms with Crippen LogP contribution in [0.1, 0.15) is 4.88 Å². The molecule has 0 spiro atoms. The van der Waals surface area contributed by atoms with E-state index < -0.39 is 11.4 Å². The van der Waals surface area contributed by atoms with E-state index in [9.17, 15) is 8.76 Å². The van der Waals surface area contributed by atoms with Crippen LogP contribution in [0.25, 0.3) is 0 Å². The molecule has 3 aromatic rings. The van der Waals surface area contributed by atoms with E-state index in [4.69, 9.17) is 16.3 Å². The van der Waals surface area contributed by atoms with Crippen LogP contribution in [-0.2, 0) is 17.9 Å². The first kappa shape index (κ1) is 23.4. The lowest BCUT2D eigenvalue weighted by atomic mass is 10.3. The van der Waals surface area contributed by atoms with Crippen LogP contribution in [-0.4, -0.2) is 40.5 Å². The summed E-state index contributed by atoms with van der Waals surface area (Å²) in [5.41, 5.74) is 0. The van der Waals surface area contributed by atoms with E-state index in [0.29, 0.717) is 5.02 Å². The maximum absolute atomic E-state index is 10.00. The van der Waals surface area contributed by atoms with E-state index in [1.54, 1.807) is 12.1 Å². The molecule has 8 heteroatoms. The number of hydrogen-bond donors (Lipinski definition) is 0. The fourth-order valence-corrected chi connectivity index (χ4v) is 3.71. The molecule has 0 amide bonds. The van der Waals surface area contributed by atoms with Crippen molar-refractivity contribution in [1.29, 1.82) is 0 Å². The quantitative estimate of drug-likeness (QED) is 0.359. The summed E-state index contributed by atoms with van der Waals surface area (Å²) < 4.78 is 31.0. The third-order valence-electron chi connectivity index (χ3n) is 3.85. The molecule has 0 bridgehead atoms. The Bertz CT molecular complexity index is 856. The SMILES string of the molecule is C[N+](C)(CCOc1ccccc1)Cc1cccs1.O=S([O-])Oc1ccc(Cl)cc1. The monoisotopic (exact) mass is 453 g/mol. The Morgan fingerprint density at radius 2 is 1.69 bits per heavy atom. The molecule has 0 radical (unpaired) electrons. The minimum absolute atomic E-state index is 0.253. The molecule has 0 aliphatic rings. The first-order valence-corrected chi connectivity index (χ1v) is 11.2. The smallest absolute Gasteiger partial charge is 0.139 e. The standard InChI is InChI=1S/C15H20NOS.C6H5ClO3S/c1-16(2,13-15-9-6-12-18-15)10-11-17-14-7-4-3-5-8-14;7-5-1-3-6(4-2-5)10-11(8)9/h3-9,12H,10-11,13H2,1-2H3;1-4H,(H,8,9)/q+1;/p-1. The second-order valence-corrected chi connectivity index (χ2v) is 8.84. The van der Waals surface area contributed by atoms with Crippen molar-refractivity contribution >= 4 is 34.3 Å². The molecule has 1 heterocycles. The van der Waals surface area contributed by atoms with Gasteiger partial charge in [-0.3, -0.25) is 0 Å². The third kappa shape index (κ3) is 9.92. The van der Waals surface area contributed by atoms with Crippen molar-refractivity contribution < 1.29 is 22.2 Å². The molecule has 0 aliphatic heterocycles. The van der Waals surface area contributed by atoms with Gasteiger partial charge in [-0.25, -0.2) is 4.21 Å². The van der Waals surface area contributed by atoms with Crippen LogP contribution in [0.15, 0.2) is 72.1 Å². The van der Waals surface area contributed by atoms with Crippen molar-refractivity contribution in [3.05, 3.63) is 82.0 Å². The summed E-state index contributed by atoms with van der Waals surface area (Å²) in [6, 6.07) is 20.3. The number of ether oxygens (including phenoxy) is 1. The fourth-order valence-electron chi connectivity index (χ4n) is 2.40. The highest BCUT2D eigenvalue weighted by molar-refractivity contribution is 7.74. The van der Waals surface area contributed by atoms with E-state index >= 15 is 0 Å². The first-order valence-electron chi connectivity index (χ1n) is 8.89. The zero-order chi connectivity index (χ0) is 21.1. The molecule has 0 fully saturated rings. The Balaban J connectivity index is 0.000000234. The number of likely N-dealkylation sites (N-methyl/N-ethyl adjacent to an activating group) is 1. The van der Waals surface area contributed by atoms with Crippen LogP contribution in [0.2, 0.25) is 5.02 Å². The van der Waals surface area contributed by atoms with Crippen molar-refractivity contribution in [2.45, 2.75) is 6.54 Å². The molecule has 29 heavy (non-hydrogen) atoms. The van der Waals surface area contributed by atoms with Crippen LogP contribution in [0.4, 0.5) is 0 Å². The topological polar surface area (TPSA) is 58.6 Å². The van der Waals surface area contributed by atoms with Gasteiger partial charge in [-0.1, -0.05) is 35.9 Å². The van der Waals surface area contributed by atoms with Crippen molar-refractivity contribution in [2.75, 3.05) is 27.2 Å². The lowest BCUT2D eigenvalue weighted by Crippen LogP contribution is -2.41. The number of thiophene rings is 1. The van der Waals surface area contributed by atoms with E-state index in [1.165, 1.54) is 17.0 Å². The van der Waals surface area contributed by atoms with E-state index in [0.717, 1.165) is 29.9 Å². The number of halogens is 1. The predicted molar refractivity (Wildman–Crippen MR) is 118 cm³/mol. The molecule has 0 saturated carbocycles. The fraction of sp³-hybridized carbons (Fsp3) is 0.238. The van der Waals surface area contributed by atoms with E-state index in [-0.39, 0.29) is 5.75 Å². The van der Waals surface area contributed by atoms with Gasteiger partial charge >= 0.3 is 0 Å². The number of hydrogen-bond acceptors (Lipinski definition) is 5. The average molecular weight is 454 g/mol. The molecule has 1 aromatic heterocycles. The summed E-state index contributed by atoms with van der Waals surface area (Å²) in [6.45, 7) is 2.82. The number of quaternary nitrogens is 1. The van der Waals surface area contributed by atoms with Crippen molar-refractivity contribution in [2.24, 2.45) is 0 Å². The van der Waals surface area contributed by atoms with Gasteiger partial charge in [0, 0.05) is 5.02 Å². The third-order valence-corrected chi connectivity index (χ3v) is 5.29. The first-order chi connectivity index (χ1) is 13.8. The summed E-state index contributed by atoms with van der Waals surface area (Å²) in [5, 5.41) is 2.67. The highest BCUT2D eigenvalue weighted by Crippen LogP contribution is 2.16. The van der Waals surface area contributed by atoms with Crippen LogP contribution < -0.4 is 8.92 Å². The Labute approximate surface area is 183 Å². The largest absolute Gasteiger partial charge is 0.740 e. The normalized spacial score (nSPS) is 11.9. The highest BCUT2D eigenvalue weighted by Gasteiger charge is 2.16. The Morgan fingerprint density at radius 3 is 2.28 bits per heavy atom. The summed E-state index contributed by atoms with van der Waals surface area (Å²) in [7, 11) is 4.49. The minimum atomic E-state index is -2.52.